The molecule has 5 nitrogen and oxygen atoms in total. The first-order valence-corrected chi connectivity index (χ1v) is 8.19. The third kappa shape index (κ3) is 3.04. The van der Waals surface area contributed by atoms with Crippen molar-refractivity contribution < 1.29 is 4.42 Å². The third-order valence-electron chi connectivity index (χ3n) is 3.21. The van der Waals surface area contributed by atoms with Crippen molar-refractivity contribution >= 4 is 40.1 Å². The van der Waals surface area contributed by atoms with Gasteiger partial charge in [-0.25, -0.2) is 4.98 Å². The van der Waals surface area contributed by atoms with Crippen LogP contribution in [0.5, 0.6) is 0 Å². The summed E-state index contributed by atoms with van der Waals surface area (Å²) in [5, 5.41) is 6.67. The van der Waals surface area contributed by atoms with Gasteiger partial charge in [0.1, 0.15) is 10.5 Å². The molecule has 4 rings (SSSR count). The summed E-state index contributed by atoms with van der Waals surface area (Å²) in [5.41, 5.74) is 3.22. The highest BCUT2D eigenvalue weighted by atomic mass is 35.5. The fraction of sp³-hybridized carbons (Fsp3) is 0.0625. The van der Waals surface area contributed by atoms with Crippen LogP contribution in [0.1, 0.15) is 5.69 Å². The van der Waals surface area contributed by atoms with Gasteiger partial charge in [-0.05, 0) is 30.3 Å². The van der Waals surface area contributed by atoms with Crippen molar-refractivity contribution in [3.63, 3.8) is 0 Å². The lowest BCUT2D eigenvalue weighted by atomic mass is 10.3. The van der Waals surface area contributed by atoms with E-state index in [0.29, 0.717) is 23.2 Å². The molecule has 0 fully saturated rings. The first-order chi connectivity index (χ1) is 11.3. The lowest BCUT2D eigenvalue weighted by Crippen LogP contribution is -1.99. The number of benzene rings is 1. The molecule has 114 valence electrons. The van der Waals surface area contributed by atoms with Gasteiger partial charge >= 0.3 is 0 Å². The van der Waals surface area contributed by atoms with Gasteiger partial charge in [-0.1, -0.05) is 17.7 Å². The number of aromatic nitrogens is 3. The zero-order valence-corrected chi connectivity index (χ0v) is 13.4. The lowest BCUT2D eigenvalue weighted by molar-refractivity contribution is 0.614. The van der Waals surface area contributed by atoms with Gasteiger partial charge in [0.2, 0.25) is 0 Å². The van der Waals surface area contributed by atoms with Gasteiger partial charge in [-0.3, -0.25) is 4.98 Å². The summed E-state index contributed by atoms with van der Waals surface area (Å²) < 4.78 is 5.62. The van der Waals surface area contributed by atoms with E-state index in [-0.39, 0.29) is 0 Å². The Labute approximate surface area is 141 Å². The van der Waals surface area contributed by atoms with Gasteiger partial charge < -0.3 is 9.73 Å². The van der Waals surface area contributed by atoms with Crippen LogP contribution in [-0.2, 0) is 6.54 Å². The quantitative estimate of drug-likeness (QED) is 0.586. The molecule has 3 aromatic heterocycles. The fourth-order valence-electron chi connectivity index (χ4n) is 2.14. The second-order valence-corrected chi connectivity index (χ2v) is 6.14. The van der Waals surface area contributed by atoms with E-state index in [2.05, 4.69) is 20.3 Å². The minimum Gasteiger partial charge on any atom is -0.424 e. The number of pyridine rings is 1. The van der Waals surface area contributed by atoms with Gasteiger partial charge in [0.15, 0.2) is 5.58 Å². The molecule has 0 amide bonds. The highest BCUT2D eigenvalue weighted by Crippen LogP contribution is 2.24. The fourth-order valence-corrected chi connectivity index (χ4v) is 3.10. The molecule has 3 heterocycles. The van der Waals surface area contributed by atoms with Gasteiger partial charge in [-0.2, -0.15) is 4.98 Å². The van der Waals surface area contributed by atoms with Gasteiger partial charge in [0.25, 0.3) is 6.01 Å². The van der Waals surface area contributed by atoms with E-state index in [4.69, 9.17) is 16.0 Å². The molecule has 23 heavy (non-hydrogen) atoms. The number of hydrogen-bond donors (Lipinski definition) is 1. The largest absolute Gasteiger partial charge is 0.424 e. The maximum absolute atomic E-state index is 5.95. The molecular formula is C16H11ClN4OS. The topological polar surface area (TPSA) is 63.8 Å². The molecule has 0 saturated heterocycles. The van der Waals surface area contributed by atoms with E-state index in [9.17, 15) is 0 Å². The predicted octanol–water partition coefficient (Wildman–Crippen LogP) is 4.61. The number of oxazole rings is 1. The van der Waals surface area contributed by atoms with E-state index in [0.717, 1.165) is 21.9 Å². The maximum Gasteiger partial charge on any atom is 0.296 e. The first-order valence-electron chi connectivity index (χ1n) is 6.94. The summed E-state index contributed by atoms with van der Waals surface area (Å²) in [7, 11) is 0. The van der Waals surface area contributed by atoms with Crippen LogP contribution in [0.4, 0.5) is 6.01 Å². The van der Waals surface area contributed by atoms with Crippen LogP contribution in [0.2, 0.25) is 5.02 Å². The van der Waals surface area contributed by atoms with Gasteiger partial charge in [-0.15, -0.1) is 11.3 Å². The highest BCUT2D eigenvalue weighted by Gasteiger charge is 2.08. The highest BCUT2D eigenvalue weighted by molar-refractivity contribution is 7.13. The van der Waals surface area contributed by atoms with Crippen molar-refractivity contribution in [1.29, 1.82) is 0 Å². The van der Waals surface area contributed by atoms with E-state index < -0.39 is 0 Å². The van der Waals surface area contributed by atoms with Gasteiger partial charge in [0, 0.05) is 16.6 Å². The minimum atomic E-state index is 0.453. The standard InChI is InChI=1S/C16H11ClN4OS/c17-10-4-5-14-13(7-10)21-16(22-14)19-8-11-9-23-15(20-11)12-3-1-2-6-18-12/h1-7,9H,8H2,(H,19,21). The molecule has 0 unspecified atom stereocenters. The number of rotatable bonds is 4. The minimum absolute atomic E-state index is 0.453. The molecule has 7 heteroatoms. The molecule has 0 aliphatic heterocycles. The number of anilines is 1. The molecule has 0 aliphatic rings. The number of fused-ring (bicyclic) bond motifs is 1. The van der Waals surface area contributed by atoms with Crippen molar-refractivity contribution in [2.45, 2.75) is 6.54 Å². The number of hydrogen-bond acceptors (Lipinski definition) is 6. The molecule has 0 aliphatic carbocycles. The Morgan fingerprint density at radius 3 is 3.00 bits per heavy atom. The number of nitrogens with one attached hydrogen (secondary N) is 1. The Hall–Kier alpha value is -2.44. The third-order valence-corrected chi connectivity index (χ3v) is 4.35. The molecular weight excluding hydrogens is 332 g/mol. The Balaban J connectivity index is 1.49. The molecule has 0 atom stereocenters. The SMILES string of the molecule is Clc1ccc2oc(NCc3csc(-c4ccccn4)n3)nc2c1. The first kappa shape index (κ1) is 14.2. The molecule has 0 saturated carbocycles. The van der Waals surface area contributed by atoms with Crippen molar-refractivity contribution in [2.75, 3.05) is 5.32 Å². The van der Waals surface area contributed by atoms with Crippen molar-refractivity contribution in [2.24, 2.45) is 0 Å². The normalized spacial score (nSPS) is 11.0. The molecule has 0 spiro atoms. The Morgan fingerprint density at radius 2 is 2.13 bits per heavy atom. The van der Waals surface area contributed by atoms with Crippen molar-refractivity contribution in [3.05, 3.63) is 58.7 Å². The second-order valence-electron chi connectivity index (χ2n) is 4.84. The summed E-state index contributed by atoms with van der Waals surface area (Å²) in [5.74, 6) is 0. The van der Waals surface area contributed by atoms with Crippen LogP contribution in [0.15, 0.2) is 52.4 Å². The molecule has 0 radical (unpaired) electrons. The second kappa shape index (κ2) is 5.98. The Kier molecular flexibility index (Phi) is 3.69. The maximum atomic E-state index is 5.95. The predicted molar refractivity (Wildman–Crippen MR) is 91.7 cm³/mol. The van der Waals surface area contributed by atoms with Crippen LogP contribution in [0.3, 0.4) is 0 Å². The molecule has 1 N–H and O–H groups in total. The average molecular weight is 343 g/mol. The van der Waals surface area contributed by atoms with E-state index in [1.807, 2.05) is 23.6 Å². The smallest absolute Gasteiger partial charge is 0.296 e. The van der Waals surface area contributed by atoms with E-state index >= 15 is 0 Å². The number of thiazole rings is 1. The zero-order valence-electron chi connectivity index (χ0n) is 11.9. The van der Waals surface area contributed by atoms with Crippen LogP contribution in [0, 0.1) is 0 Å². The van der Waals surface area contributed by atoms with Crippen LogP contribution < -0.4 is 5.32 Å². The van der Waals surface area contributed by atoms with Crippen LogP contribution >= 0.6 is 22.9 Å². The summed E-state index contributed by atoms with van der Waals surface area (Å²) in [6, 6.07) is 11.6. The summed E-state index contributed by atoms with van der Waals surface area (Å²) in [4.78, 5) is 13.2. The Bertz CT molecular complexity index is 951. The molecule has 1 aromatic carbocycles. The summed E-state index contributed by atoms with van der Waals surface area (Å²) in [6.07, 6.45) is 1.76. The van der Waals surface area contributed by atoms with Crippen molar-refractivity contribution in [3.8, 4) is 10.7 Å². The van der Waals surface area contributed by atoms with Gasteiger partial charge in [0.05, 0.1) is 17.9 Å². The number of halogens is 1. The van der Waals surface area contributed by atoms with E-state index in [1.54, 1.807) is 35.7 Å². The monoisotopic (exact) mass is 342 g/mol. The molecule has 4 aromatic rings. The average Bonchev–Trinajstić information content (AvgIpc) is 3.20. The van der Waals surface area contributed by atoms with Crippen LogP contribution in [-0.4, -0.2) is 15.0 Å². The lowest BCUT2D eigenvalue weighted by Gasteiger charge is -1.97. The van der Waals surface area contributed by atoms with Crippen LogP contribution in [0.25, 0.3) is 21.8 Å². The summed E-state index contributed by atoms with van der Waals surface area (Å²) in [6.45, 7) is 0.532. The molecule has 0 bridgehead atoms. The zero-order chi connectivity index (χ0) is 15.6. The van der Waals surface area contributed by atoms with E-state index in [1.165, 1.54) is 0 Å². The Morgan fingerprint density at radius 1 is 1.17 bits per heavy atom. The van der Waals surface area contributed by atoms with Crippen molar-refractivity contribution in [1.82, 2.24) is 15.0 Å². The number of nitrogens with zero attached hydrogens (tertiary/aromatic N) is 3. The summed E-state index contributed by atoms with van der Waals surface area (Å²) >= 11 is 7.51.